The van der Waals surface area contributed by atoms with Crippen LogP contribution in [0.25, 0.3) is 10.9 Å². The molecule has 3 nitrogen and oxygen atoms in total. The Morgan fingerprint density at radius 2 is 2.06 bits per heavy atom. The number of fused-ring (bicyclic) bond motifs is 1. The summed E-state index contributed by atoms with van der Waals surface area (Å²) >= 11 is 1.44. The van der Waals surface area contributed by atoms with Crippen LogP contribution in [0.3, 0.4) is 0 Å². The van der Waals surface area contributed by atoms with Gasteiger partial charge in [-0.15, -0.1) is 0 Å². The third kappa shape index (κ3) is 2.67. The first-order valence-electron chi connectivity index (χ1n) is 5.60. The Bertz CT molecular complexity index is 551. The number of carbonyl (C=O) groups is 1. The molecule has 0 amide bonds. The smallest absolute Gasteiger partial charge is 0.338 e. The lowest BCUT2D eigenvalue weighted by Gasteiger charge is -2.04. The highest BCUT2D eigenvalue weighted by atomic mass is 32.2. The van der Waals surface area contributed by atoms with Crippen LogP contribution in [0.2, 0.25) is 0 Å². The van der Waals surface area contributed by atoms with E-state index >= 15 is 0 Å². The third-order valence-corrected chi connectivity index (χ3v) is 3.05. The maximum absolute atomic E-state index is 13.4. The Labute approximate surface area is 110 Å². The van der Waals surface area contributed by atoms with Crippen molar-refractivity contribution in [3.8, 4) is 0 Å². The first kappa shape index (κ1) is 14.6. The minimum absolute atomic E-state index is 0.255. The van der Waals surface area contributed by atoms with Crippen molar-refractivity contribution >= 4 is 28.8 Å². The van der Waals surface area contributed by atoms with Gasteiger partial charge in [0.1, 0.15) is 5.82 Å². The van der Waals surface area contributed by atoms with E-state index in [0.29, 0.717) is 10.9 Å². The van der Waals surface area contributed by atoms with Gasteiger partial charge in [-0.1, -0.05) is 13.8 Å². The maximum atomic E-state index is 13.4. The van der Waals surface area contributed by atoms with Gasteiger partial charge >= 0.3 is 5.97 Å². The lowest BCUT2D eigenvalue weighted by atomic mass is 10.1. The van der Waals surface area contributed by atoms with Crippen molar-refractivity contribution < 1.29 is 13.9 Å². The van der Waals surface area contributed by atoms with Gasteiger partial charge in [-0.3, -0.25) is 3.97 Å². The predicted molar refractivity (Wildman–Crippen MR) is 73.5 cm³/mol. The zero-order chi connectivity index (χ0) is 13.7. The first-order valence-corrected chi connectivity index (χ1v) is 6.79. The molecule has 1 aromatic carbocycles. The average Bonchev–Trinajstić information content (AvgIpc) is 2.81. The minimum Gasteiger partial charge on any atom is -0.465 e. The molecule has 2 rings (SSSR count). The molecule has 0 radical (unpaired) electrons. The van der Waals surface area contributed by atoms with E-state index in [1.807, 2.05) is 20.1 Å². The van der Waals surface area contributed by atoms with Gasteiger partial charge in [0.25, 0.3) is 0 Å². The summed E-state index contributed by atoms with van der Waals surface area (Å²) in [5.74, 6) is -0.967. The van der Waals surface area contributed by atoms with Crippen LogP contribution < -0.4 is 0 Å². The summed E-state index contributed by atoms with van der Waals surface area (Å²) in [4.78, 5) is 11.5. The molecule has 1 aromatic heterocycles. The molecule has 0 fully saturated rings. The van der Waals surface area contributed by atoms with Crippen LogP contribution in [-0.4, -0.2) is 23.3 Å². The summed E-state index contributed by atoms with van der Waals surface area (Å²) in [6, 6.07) is 4.37. The monoisotopic (exact) mass is 269 g/mol. The van der Waals surface area contributed by atoms with Gasteiger partial charge < -0.3 is 4.74 Å². The summed E-state index contributed by atoms with van der Waals surface area (Å²) in [7, 11) is 1.28. The van der Waals surface area contributed by atoms with E-state index in [0.717, 1.165) is 0 Å². The molecule has 0 aliphatic carbocycles. The molecule has 2 aromatic rings. The highest BCUT2D eigenvalue weighted by Crippen LogP contribution is 2.25. The standard InChI is InChI=1S/C11H10FNO2S.C2H6/c1-15-11(14)9-5-7(12)6-10-8(9)3-4-13(10)16-2;1-2/h3-6H,1-2H3;1-2H3. The average molecular weight is 269 g/mol. The lowest BCUT2D eigenvalue weighted by molar-refractivity contribution is 0.0602. The zero-order valence-electron chi connectivity index (χ0n) is 10.9. The molecule has 0 bridgehead atoms. The number of benzene rings is 1. The molecule has 0 saturated carbocycles. The van der Waals surface area contributed by atoms with Crippen molar-refractivity contribution in [1.82, 2.24) is 3.97 Å². The van der Waals surface area contributed by atoms with Gasteiger partial charge in [0, 0.05) is 17.8 Å². The van der Waals surface area contributed by atoms with Crippen LogP contribution in [0.1, 0.15) is 24.2 Å². The van der Waals surface area contributed by atoms with Crippen LogP contribution in [0.5, 0.6) is 0 Å². The maximum Gasteiger partial charge on any atom is 0.338 e. The second kappa shape index (κ2) is 6.44. The Hall–Kier alpha value is -1.49. The SMILES string of the molecule is CC.COC(=O)c1cc(F)cc2c1ccn2SC. The fourth-order valence-electron chi connectivity index (χ4n) is 1.62. The van der Waals surface area contributed by atoms with Crippen LogP contribution in [-0.2, 0) is 4.74 Å². The highest BCUT2D eigenvalue weighted by Gasteiger charge is 2.14. The number of rotatable bonds is 2. The number of carbonyl (C=O) groups excluding carboxylic acids is 1. The van der Waals surface area contributed by atoms with E-state index in [1.54, 1.807) is 16.2 Å². The van der Waals surface area contributed by atoms with Gasteiger partial charge in [0.15, 0.2) is 0 Å². The molecule has 98 valence electrons. The number of ether oxygens (including phenoxy) is 1. The van der Waals surface area contributed by atoms with E-state index in [-0.39, 0.29) is 5.56 Å². The van der Waals surface area contributed by atoms with Crippen LogP contribution in [0, 0.1) is 5.82 Å². The van der Waals surface area contributed by atoms with Gasteiger partial charge in [-0.05, 0) is 30.1 Å². The van der Waals surface area contributed by atoms with Crippen LogP contribution >= 0.6 is 11.9 Å². The molecular formula is C13H16FNO2S. The van der Waals surface area contributed by atoms with Crippen molar-refractivity contribution in [2.24, 2.45) is 0 Å². The predicted octanol–water partition coefficient (Wildman–Crippen LogP) is 3.72. The van der Waals surface area contributed by atoms with E-state index in [4.69, 9.17) is 0 Å². The zero-order valence-corrected chi connectivity index (χ0v) is 11.7. The summed E-state index contributed by atoms with van der Waals surface area (Å²) < 4.78 is 19.8. The van der Waals surface area contributed by atoms with Crippen LogP contribution in [0.4, 0.5) is 4.39 Å². The van der Waals surface area contributed by atoms with E-state index in [9.17, 15) is 9.18 Å². The topological polar surface area (TPSA) is 31.2 Å². The Morgan fingerprint density at radius 3 is 2.61 bits per heavy atom. The van der Waals surface area contributed by atoms with Crippen molar-refractivity contribution in [2.45, 2.75) is 13.8 Å². The lowest BCUT2D eigenvalue weighted by Crippen LogP contribution is -2.02. The molecule has 5 heteroatoms. The van der Waals surface area contributed by atoms with Crippen molar-refractivity contribution in [1.29, 1.82) is 0 Å². The quantitative estimate of drug-likeness (QED) is 0.779. The molecule has 0 spiro atoms. The summed E-state index contributed by atoms with van der Waals surface area (Å²) in [5.41, 5.74) is 0.929. The molecular weight excluding hydrogens is 253 g/mol. The highest BCUT2D eigenvalue weighted by molar-refractivity contribution is 7.97. The van der Waals surface area contributed by atoms with Gasteiger partial charge in [-0.25, -0.2) is 9.18 Å². The molecule has 0 N–H and O–H groups in total. The number of methoxy groups -OCH3 is 1. The van der Waals surface area contributed by atoms with Gasteiger partial charge in [-0.2, -0.15) is 0 Å². The fourth-order valence-corrected chi connectivity index (χ4v) is 2.15. The Balaban J connectivity index is 0.000000771. The number of esters is 1. The van der Waals surface area contributed by atoms with Crippen molar-refractivity contribution in [3.05, 3.63) is 35.8 Å². The fraction of sp³-hybridized carbons (Fsp3) is 0.308. The van der Waals surface area contributed by atoms with Crippen molar-refractivity contribution in [2.75, 3.05) is 13.4 Å². The molecule has 0 atom stereocenters. The summed E-state index contributed by atoms with van der Waals surface area (Å²) in [6.45, 7) is 4.00. The first-order chi connectivity index (χ1) is 8.67. The second-order valence-corrected chi connectivity index (χ2v) is 3.96. The second-order valence-electron chi connectivity index (χ2n) is 3.20. The Kier molecular flexibility index (Phi) is 5.22. The molecule has 1 heterocycles. The molecule has 0 aliphatic heterocycles. The molecule has 0 unspecified atom stereocenters. The molecule has 0 saturated heterocycles. The summed E-state index contributed by atoms with van der Waals surface area (Å²) in [6.07, 6.45) is 3.67. The van der Waals surface area contributed by atoms with E-state index in [1.165, 1.54) is 31.2 Å². The molecule has 18 heavy (non-hydrogen) atoms. The minimum atomic E-state index is -0.525. The number of hydrogen-bond acceptors (Lipinski definition) is 3. The number of nitrogens with zero attached hydrogens (tertiary/aromatic N) is 1. The Morgan fingerprint density at radius 1 is 1.39 bits per heavy atom. The molecule has 0 aliphatic rings. The van der Waals surface area contributed by atoms with Crippen LogP contribution in [0.15, 0.2) is 24.4 Å². The summed E-state index contributed by atoms with van der Waals surface area (Å²) in [5, 5.41) is 0.697. The van der Waals surface area contributed by atoms with E-state index < -0.39 is 11.8 Å². The van der Waals surface area contributed by atoms with E-state index in [2.05, 4.69) is 4.74 Å². The third-order valence-electron chi connectivity index (χ3n) is 2.34. The largest absolute Gasteiger partial charge is 0.465 e. The number of hydrogen-bond donors (Lipinski definition) is 0. The number of aromatic nitrogens is 1. The van der Waals surface area contributed by atoms with Gasteiger partial charge in [0.05, 0.1) is 18.2 Å². The van der Waals surface area contributed by atoms with Crippen molar-refractivity contribution in [3.63, 3.8) is 0 Å². The normalized spacial score (nSPS) is 9.83. The van der Waals surface area contributed by atoms with Gasteiger partial charge in [0.2, 0.25) is 0 Å². The number of halogens is 1.